The van der Waals surface area contributed by atoms with Gasteiger partial charge in [-0.15, -0.1) is 0 Å². The number of nitrogens with one attached hydrogen (secondary N) is 2. The first kappa shape index (κ1) is 21.1. The number of para-hydroxylation sites is 2. The fraction of sp³-hybridized carbons (Fsp3) is 0.250. The Hall–Kier alpha value is -3.73. The van der Waals surface area contributed by atoms with Crippen molar-refractivity contribution in [2.75, 3.05) is 24.9 Å². The summed E-state index contributed by atoms with van der Waals surface area (Å²) in [6.07, 6.45) is 1.20. The SMILES string of the molecule is COc1ccc(C2CC(=O)C3=C(C2)Nc2ccccc2NC3c2ccc(C)cc2)cc1OC. The zero-order valence-corrected chi connectivity index (χ0v) is 19.1. The number of allylic oxidation sites excluding steroid dienone is 1. The van der Waals surface area contributed by atoms with Gasteiger partial charge >= 0.3 is 0 Å². The Kier molecular flexibility index (Phi) is 5.55. The van der Waals surface area contributed by atoms with Gasteiger partial charge in [-0.3, -0.25) is 4.79 Å². The molecule has 0 bridgehead atoms. The molecule has 5 heteroatoms. The van der Waals surface area contributed by atoms with Gasteiger partial charge in [0.15, 0.2) is 17.3 Å². The van der Waals surface area contributed by atoms with Crippen molar-refractivity contribution in [3.8, 4) is 11.5 Å². The second kappa shape index (κ2) is 8.66. The molecular formula is C28H28N2O3. The smallest absolute Gasteiger partial charge is 0.163 e. The highest BCUT2D eigenvalue weighted by atomic mass is 16.5. The van der Waals surface area contributed by atoms with E-state index < -0.39 is 0 Å². The van der Waals surface area contributed by atoms with Crippen LogP contribution < -0.4 is 20.1 Å². The normalized spacial score (nSPS) is 19.5. The van der Waals surface area contributed by atoms with Crippen LogP contribution in [0.3, 0.4) is 0 Å². The van der Waals surface area contributed by atoms with E-state index in [9.17, 15) is 4.79 Å². The number of benzene rings is 3. The van der Waals surface area contributed by atoms with Crippen molar-refractivity contribution in [3.63, 3.8) is 0 Å². The lowest BCUT2D eigenvalue weighted by Crippen LogP contribution is -2.26. The monoisotopic (exact) mass is 440 g/mol. The van der Waals surface area contributed by atoms with Crippen LogP contribution in [0.4, 0.5) is 11.4 Å². The number of fused-ring (bicyclic) bond motifs is 1. The highest BCUT2D eigenvalue weighted by molar-refractivity contribution is 6.01. The molecule has 0 saturated heterocycles. The van der Waals surface area contributed by atoms with Gasteiger partial charge in [-0.25, -0.2) is 0 Å². The van der Waals surface area contributed by atoms with Crippen molar-refractivity contribution in [2.24, 2.45) is 0 Å². The number of hydrogen-bond donors (Lipinski definition) is 2. The first-order valence-electron chi connectivity index (χ1n) is 11.2. The van der Waals surface area contributed by atoms with Crippen LogP contribution in [0.5, 0.6) is 11.5 Å². The van der Waals surface area contributed by atoms with E-state index in [1.165, 1.54) is 5.56 Å². The molecule has 3 aromatic carbocycles. The van der Waals surface area contributed by atoms with E-state index in [-0.39, 0.29) is 17.7 Å². The summed E-state index contributed by atoms with van der Waals surface area (Å²) in [4.78, 5) is 13.7. The average Bonchev–Trinajstić information content (AvgIpc) is 3.01. The molecule has 33 heavy (non-hydrogen) atoms. The summed E-state index contributed by atoms with van der Waals surface area (Å²) in [6, 6.07) is 22.3. The van der Waals surface area contributed by atoms with Gasteiger partial charge in [0.25, 0.3) is 0 Å². The van der Waals surface area contributed by atoms with Crippen LogP contribution >= 0.6 is 0 Å². The highest BCUT2D eigenvalue weighted by Gasteiger charge is 2.36. The molecule has 1 aliphatic carbocycles. The Morgan fingerprint density at radius 2 is 1.52 bits per heavy atom. The van der Waals surface area contributed by atoms with Crippen LogP contribution in [-0.4, -0.2) is 20.0 Å². The van der Waals surface area contributed by atoms with E-state index in [4.69, 9.17) is 9.47 Å². The third-order valence-electron chi connectivity index (χ3n) is 6.60. The third-order valence-corrected chi connectivity index (χ3v) is 6.60. The Balaban J connectivity index is 1.57. The number of ketones is 1. The number of ether oxygens (including phenoxy) is 2. The predicted molar refractivity (Wildman–Crippen MR) is 131 cm³/mol. The molecule has 1 heterocycles. The van der Waals surface area contributed by atoms with Gasteiger partial charge in [0.05, 0.1) is 31.6 Å². The van der Waals surface area contributed by atoms with E-state index in [2.05, 4.69) is 54.0 Å². The maximum Gasteiger partial charge on any atom is 0.163 e. The minimum absolute atomic E-state index is 0.0625. The molecule has 0 spiro atoms. The van der Waals surface area contributed by atoms with E-state index in [1.807, 2.05) is 30.3 Å². The number of Topliss-reactive ketones (excluding diaryl/α,β-unsaturated/α-hetero) is 1. The minimum atomic E-state index is -0.199. The van der Waals surface area contributed by atoms with Crippen LogP contribution in [0.2, 0.25) is 0 Å². The van der Waals surface area contributed by atoms with Crippen LogP contribution in [0.1, 0.15) is 41.5 Å². The maximum absolute atomic E-state index is 13.7. The van der Waals surface area contributed by atoms with Gasteiger partial charge in [-0.2, -0.15) is 0 Å². The topological polar surface area (TPSA) is 59.6 Å². The van der Waals surface area contributed by atoms with Crippen molar-refractivity contribution < 1.29 is 14.3 Å². The van der Waals surface area contributed by atoms with Crippen LogP contribution in [0.15, 0.2) is 78.0 Å². The van der Waals surface area contributed by atoms with Gasteiger partial charge in [-0.1, -0.05) is 48.0 Å². The number of carbonyl (C=O) groups is 1. The quantitative estimate of drug-likeness (QED) is 0.522. The molecule has 168 valence electrons. The molecule has 5 rings (SSSR count). The zero-order valence-electron chi connectivity index (χ0n) is 19.1. The van der Waals surface area contributed by atoms with Gasteiger partial charge in [0.1, 0.15) is 0 Å². The molecule has 2 unspecified atom stereocenters. The zero-order chi connectivity index (χ0) is 22.9. The van der Waals surface area contributed by atoms with Crippen molar-refractivity contribution in [1.29, 1.82) is 0 Å². The Bertz CT molecular complexity index is 1230. The Labute approximate surface area is 194 Å². The van der Waals surface area contributed by atoms with Gasteiger partial charge in [0.2, 0.25) is 0 Å². The van der Waals surface area contributed by atoms with E-state index in [1.54, 1.807) is 14.2 Å². The lowest BCUT2D eigenvalue weighted by molar-refractivity contribution is -0.116. The van der Waals surface area contributed by atoms with Crippen molar-refractivity contribution >= 4 is 17.2 Å². The van der Waals surface area contributed by atoms with Gasteiger partial charge in [-0.05, 0) is 54.7 Å². The fourth-order valence-electron chi connectivity index (χ4n) is 4.84. The molecule has 0 aromatic heterocycles. The Morgan fingerprint density at radius 3 is 2.24 bits per heavy atom. The molecular weight excluding hydrogens is 412 g/mol. The molecule has 0 radical (unpaired) electrons. The fourth-order valence-corrected chi connectivity index (χ4v) is 4.84. The summed E-state index contributed by atoms with van der Waals surface area (Å²) < 4.78 is 10.9. The molecule has 1 aliphatic heterocycles. The van der Waals surface area contributed by atoms with E-state index in [0.717, 1.165) is 40.2 Å². The number of hydrogen-bond acceptors (Lipinski definition) is 5. The first-order valence-corrected chi connectivity index (χ1v) is 11.2. The minimum Gasteiger partial charge on any atom is -0.493 e. The standard InChI is InChI=1S/C28H28N2O3/c1-17-8-10-18(11-9-17)28-27-23(29-21-6-4-5-7-22(21)30-28)14-20(15-24(27)31)19-12-13-25(32-2)26(16-19)33-3/h4-13,16,20,28-30H,14-15H2,1-3H3. The first-order chi connectivity index (χ1) is 16.1. The second-order valence-electron chi connectivity index (χ2n) is 8.69. The molecule has 0 amide bonds. The predicted octanol–water partition coefficient (Wildman–Crippen LogP) is 5.99. The van der Waals surface area contributed by atoms with Gasteiger partial charge < -0.3 is 20.1 Å². The summed E-state index contributed by atoms with van der Waals surface area (Å²) >= 11 is 0. The molecule has 3 aromatic rings. The second-order valence-corrected chi connectivity index (χ2v) is 8.69. The lowest BCUT2D eigenvalue weighted by atomic mass is 9.78. The summed E-state index contributed by atoms with van der Waals surface area (Å²) in [5.41, 5.74) is 7.15. The average molecular weight is 441 g/mol. The van der Waals surface area contributed by atoms with Gasteiger partial charge in [0, 0.05) is 17.7 Å². The molecule has 2 aliphatic rings. The lowest BCUT2D eigenvalue weighted by Gasteiger charge is -2.30. The molecule has 2 atom stereocenters. The molecule has 0 fully saturated rings. The van der Waals surface area contributed by atoms with Crippen LogP contribution in [0.25, 0.3) is 0 Å². The summed E-state index contributed by atoms with van der Waals surface area (Å²) in [5.74, 6) is 1.59. The number of carbonyl (C=O) groups excluding carboxylic acids is 1. The summed E-state index contributed by atoms with van der Waals surface area (Å²) in [6.45, 7) is 2.07. The third kappa shape index (κ3) is 3.95. The summed E-state index contributed by atoms with van der Waals surface area (Å²) in [7, 11) is 3.26. The molecule has 0 saturated carbocycles. The number of anilines is 2. The largest absolute Gasteiger partial charge is 0.493 e. The number of aryl methyl sites for hydroxylation is 1. The summed E-state index contributed by atoms with van der Waals surface area (Å²) in [5, 5.41) is 7.23. The highest BCUT2D eigenvalue weighted by Crippen LogP contribution is 2.45. The number of methoxy groups -OCH3 is 2. The molecule has 5 nitrogen and oxygen atoms in total. The van der Waals surface area contributed by atoms with Crippen LogP contribution in [0, 0.1) is 6.92 Å². The molecule has 2 N–H and O–H groups in total. The van der Waals surface area contributed by atoms with Crippen LogP contribution in [-0.2, 0) is 4.79 Å². The van der Waals surface area contributed by atoms with Crippen molar-refractivity contribution in [1.82, 2.24) is 0 Å². The van der Waals surface area contributed by atoms with E-state index in [0.29, 0.717) is 17.9 Å². The Morgan fingerprint density at radius 1 is 0.818 bits per heavy atom. The number of rotatable bonds is 4. The van der Waals surface area contributed by atoms with Crippen molar-refractivity contribution in [2.45, 2.75) is 31.7 Å². The maximum atomic E-state index is 13.7. The van der Waals surface area contributed by atoms with Crippen molar-refractivity contribution in [3.05, 3.63) is 94.7 Å². The van der Waals surface area contributed by atoms with E-state index >= 15 is 0 Å².